The fourth-order valence-electron chi connectivity index (χ4n) is 1.48. The van der Waals surface area contributed by atoms with Gasteiger partial charge >= 0.3 is 12.0 Å². The van der Waals surface area contributed by atoms with Crippen molar-refractivity contribution in [3.63, 3.8) is 0 Å². The van der Waals surface area contributed by atoms with Crippen LogP contribution in [0.25, 0.3) is 0 Å². The molecule has 0 heterocycles. The van der Waals surface area contributed by atoms with Crippen molar-refractivity contribution in [1.29, 1.82) is 5.26 Å². The number of halogens is 1. The maximum absolute atomic E-state index is 11.7. The predicted molar refractivity (Wildman–Crippen MR) is 74.7 cm³/mol. The molecule has 1 aromatic carbocycles. The molecule has 1 unspecified atom stereocenters. The monoisotopic (exact) mass is 295 g/mol. The van der Waals surface area contributed by atoms with Crippen molar-refractivity contribution in [2.24, 2.45) is 0 Å². The minimum atomic E-state index is -0.913. The fourth-order valence-corrected chi connectivity index (χ4v) is 1.65. The number of anilines is 1. The highest BCUT2D eigenvalue weighted by molar-refractivity contribution is 6.33. The Bertz CT molecular complexity index is 554. The number of amides is 2. The van der Waals surface area contributed by atoms with E-state index in [9.17, 15) is 9.59 Å². The van der Waals surface area contributed by atoms with Crippen molar-refractivity contribution in [3.8, 4) is 6.07 Å². The summed E-state index contributed by atoms with van der Waals surface area (Å²) >= 11 is 5.91. The van der Waals surface area contributed by atoms with Crippen molar-refractivity contribution in [1.82, 2.24) is 5.32 Å². The van der Waals surface area contributed by atoms with Gasteiger partial charge in [0.1, 0.15) is 0 Å². The Hall–Kier alpha value is -2.26. The molecule has 0 spiro atoms. The predicted octanol–water partition coefficient (Wildman–Crippen LogP) is 2.59. The van der Waals surface area contributed by atoms with E-state index in [1.165, 1.54) is 12.1 Å². The van der Waals surface area contributed by atoms with E-state index in [2.05, 4.69) is 10.6 Å². The summed E-state index contributed by atoms with van der Waals surface area (Å²) in [6, 6.07) is 5.68. The third kappa shape index (κ3) is 5.16. The smallest absolute Gasteiger partial charge is 0.319 e. The summed E-state index contributed by atoms with van der Waals surface area (Å²) in [6.07, 6.45) is 0.306. The van der Waals surface area contributed by atoms with Crippen LogP contribution in [0.2, 0.25) is 5.02 Å². The summed E-state index contributed by atoms with van der Waals surface area (Å²) in [5, 5.41) is 22.8. The normalized spacial score (nSPS) is 11.2. The molecule has 0 aliphatic heterocycles. The summed E-state index contributed by atoms with van der Waals surface area (Å²) in [4.78, 5) is 22.1. The SMILES string of the molecule is CC(CCC(=O)O)NC(=O)Nc1cc(C#N)ccc1Cl. The lowest BCUT2D eigenvalue weighted by atomic mass is 10.2. The molecule has 0 fully saturated rings. The molecule has 0 aliphatic rings. The Morgan fingerprint density at radius 3 is 2.80 bits per heavy atom. The van der Waals surface area contributed by atoms with Gasteiger partial charge in [-0.25, -0.2) is 4.79 Å². The van der Waals surface area contributed by atoms with Gasteiger partial charge in [0.2, 0.25) is 0 Å². The van der Waals surface area contributed by atoms with Gasteiger partial charge in [0.25, 0.3) is 0 Å². The lowest BCUT2D eigenvalue weighted by molar-refractivity contribution is -0.137. The standard InChI is InChI=1S/C13H14ClN3O3/c1-8(2-5-12(18)19)16-13(20)17-11-6-9(7-15)3-4-10(11)14/h3-4,6,8H,2,5H2,1H3,(H,18,19)(H2,16,17,20). The molecule has 2 amide bonds. The number of urea groups is 1. The molecule has 1 atom stereocenters. The van der Waals surface area contributed by atoms with Crippen LogP contribution < -0.4 is 10.6 Å². The first-order valence-electron chi connectivity index (χ1n) is 5.91. The number of carbonyl (C=O) groups excluding carboxylic acids is 1. The Labute approximate surface area is 121 Å². The first-order chi connectivity index (χ1) is 9.42. The van der Waals surface area contributed by atoms with Crippen molar-refractivity contribution >= 4 is 29.3 Å². The molecule has 0 aromatic heterocycles. The van der Waals surface area contributed by atoms with Gasteiger partial charge in [-0.3, -0.25) is 4.79 Å². The molecule has 0 saturated heterocycles. The van der Waals surface area contributed by atoms with E-state index in [-0.39, 0.29) is 12.5 Å². The minimum Gasteiger partial charge on any atom is -0.481 e. The summed E-state index contributed by atoms with van der Waals surface area (Å²) in [7, 11) is 0. The number of hydrogen-bond acceptors (Lipinski definition) is 3. The summed E-state index contributed by atoms with van der Waals surface area (Å²) in [5.41, 5.74) is 0.706. The lowest BCUT2D eigenvalue weighted by Gasteiger charge is -2.14. The molecule has 0 saturated carbocycles. The Kier molecular flexibility index (Phi) is 5.81. The van der Waals surface area contributed by atoms with E-state index < -0.39 is 12.0 Å². The second kappa shape index (κ2) is 7.36. The molecule has 1 rings (SSSR count). The number of nitrogens with zero attached hydrogens (tertiary/aromatic N) is 1. The van der Waals surface area contributed by atoms with Crippen LogP contribution in [-0.4, -0.2) is 23.1 Å². The molecular weight excluding hydrogens is 282 g/mol. The molecule has 7 heteroatoms. The number of hydrogen-bond donors (Lipinski definition) is 3. The molecule has 0 bridgehead atoms. The second-order valence-corrected chi connectivity index (χ2v) is 4.65. The first-order valence-corrected chi connectivity index (χ1v) is 6.29. The van der Waals surface area contributed by atoms with Gasteiger partial charge in [-0.2, -0.15) is 5.26 Å². The zero-order chi connectivity index (χ0) is 15.1. The van der Waals surface area contributed by atoms with E-state index in [1.807, 2.05) is 6.07 Å². The number of nitriles is 1. The van der Waals surface area contributed by atoms with Gasteiger partial charge in [-0.05, 0) is 31.5 Å². The zero-order valence-electron chi connectivity index (χ0n) is 10.8. The maximum atomic E-state index is 11.7. The highest BCUT2D eigenvalue weighted by Gasteiger charge is 2.11. The van der Waals surface area contributed by atoms with E-state index >= 15 is 0 Å². The van der Waals surface area contributed by atoms with E-state index in [0.717, 1.165) is 0 Å². The van der Waals surface area contributed by atoms with Crippen LogP contribution in [0, 0.1) is 11.3 Å². The lowest BCUT2D eigenvalue weighted by Crippen LogP contribution is -2.36. The van der Waals surface area contributed by atoms with Gasteiger partial charge in [-0.15, -0.1) is 0 Å². The van der Waals surface area contributed by atoms with E-state index in [0.29, 0.717) is 22.7 Å². The molecular formula is C13H14ClN3O3. The highest BCUT2D eigenvalue weighted by atomic mass is 35.5. The zero-order valence-corrected chi connectivity index (χ0v) is 11.6. The number of carbonyl (C=O) groups is 2. The van der Waals surface area contributed by atoms with Crippen LogP contribution in [0.3, 0.4) is 0 Å². The number of aliphatic carboxylic acids is 1. The third-order valence-electron chi connectivity index (χ3n) is 2.51. The van der Waals surface area contributed by atoms with Gasteiger partial charge in [-0.1, -0.05) is 11.6 Å². The number of carboxylic acid groups (broad SMARTS) is 1. The first kappa shape index (κ1) is 15.8. The molecule has 3 N–H and O–H groups in total. The average molecular weight is 296 g/mol. The quantitative estimate of drug-likeness (QED) is 0.777. The number of benzene rings is 1. The molecule has 20 heavy (non-hydrogen) atoms. The van der Waals surface area contributed by atoms with Crippen LogP contribution in [0.1, 0.15) is 25.3 Å². The molecule has 1 aromatic rings. The summed E-state index contributed by atoms with van der Waals surface area (Å²) in [5.74, 6) is -0.913. The minimum absolute atomic E-state index is 0.0217. The largest absolute Gasteiger partial charge is 0.481 e. The Morgan fingerprint density at radius 1 is 1.50 bits per heavy atom. The van der Waals surface area contributed by atoms with E-state index in [1.54, 1.807) is 13.0 Å². The van der Waals surface area contributed by atoms with Crippen LogP contribution in [-0.2, 0) is 4.79 Å². The summed E-state index contributed by atoms with van der Waals surface area (Å²) < 4.78 is 0. The van der Waals surface area contributed by atoms with Crippen LogP contribution in [0.15, 0.2) is 18.2 Å². The third-order valence-corrected chi connectivity index (χ3v) is 2.84. The Morgan fingerprint density at radius 2 is 2.20 bits per heavy atom. The fraction of sp³-hybridized carbons (Fsp3) is 0.308. The van der Waals surface area contributed by atoms with Crippen LogP contribution in [0.5, 0.6) is 0 Å². The average Bonchev–Trinajstić information content (AvgIpc) is 2.39. The Balaban J connectivity index is 2.58. The molecule has 0 aliphatic carbocycles. The second-order valence-electron chi connectivity index (χ2n) is 4.24. The van der Waals surface area contributed by atoms with Gasteiger partial charge in [0.05, 0.1) is 22.3 Å². The van der Waals surface area contributed by atoms with Crippen molar-refractivity contribution in [2.45, 2.75) is 25.8 Å². The van der Waals surface area contributed by atoms with Crippen molar-refractivity contribution < 1.29 is 14.7 Å². The van der Waals surface area contributed by atoms with Crippen LogP contribution in [0.4, 0.5) is 10.5 Å². The van der Waals surface area contributed by atoms with Crippen molar-refractivity contribution in [3.05, 3.63) is 28.8 Å². The molecule has 6 nitrogen and oxygen atoms in total. The number of rotatable bonds is 5. The molecule has 106 valence electrons. The highest BCUT2D eigenvalue weighted by Crippen LogP contribution is 2.22. The molecule has 0 radical (unpaired) electrons. The van der Waals surface area contributed by atoms with Crippen molar-refractivity contribution in [2.75, 3.05) is 5.32 Å². The summed E-state index contributed by atoms with van der Waals surface area (Å²) in [6.45, 7) is 1.70. The number of carboxylic acids is 1. The topological polar surface area (TPSA) is 102 Å². The van der Waals surface area contributed by atoms with Gasteiger partial charge < -0.3 is 15.7 Å². The number of nitrogens with one attached hydrogen (secondary N) is 2. The van der Waals surface area contributed by atoms with E-state index in [4.69, 9.17) is 22.0 Å². The van der Waals surface area contributed by atoms with Gasteiger partial charge in [0, 0.05) is 12.5 Å². The van der Waals surface area contributed by atoms with Gasteiger partial charge in [0.15, 0.2) is 0 Å². The maximum Gasteiger partial charge on any atom is 0.319 e. The van der Waals surface area contributed by atoms with Crippen LogP contribution >= 0.6 is 11.6 Å².